The fourth-order valence-electron chi connectivity index (χ4n) is 6.54. The van der Waals surface area contributed by atoms with Gasteiger partial charge in [-0.25, -0.2) is 4.98 Å². The summed E-state index contributed by atoms with van der Waals surface area (Å²) in [5, 5.41) is 4.45. The molecule has 0 saturated heterocycles. The van der Waals surface area contributed by atoms with E-state index in [-0.39, 0.29) is 35.8 Å². The lowest BCUT2D eigenvalue weighted by molar-refractivity contribution is -0.134. The molecule has 0 spiro atoms. The van der Waals surface area contributed by atoms with Crippen molar-refractivity contribution in [2.24, 2.45) is 30.2 Å². The third-order valence-electron chi connectivity index (χ3n) is 7.34. The molecule has 2 aromatic heterocycles. The smallest absolute Gasteiger partial charge is 0.264 e. The number of carbonyl (C=O) groups is 2. The Kier molecular flexibility index (Phi) is 4.63. The van der Waals surface area contributed by atoms with Crippen LogP contribution in [0.1, 0.15) is 51.4 Å². The molecule has 30 heavy (non-hydrogen) atoms. The van der Waals surface area contributed by atoms with Gasteiger partial charge in [-0.3, -0.25) is 34.5 Å². The molecule has 2 heterocycles. The molecule has 9 nitrogen and oxygen atoms in total. The van der Waals surface area contributed by atoms with Crippen LogP contribution in [0, 0.1) is 23.2 Å². The third kappa shape index (κ3) is 3.50. The van der Waals surface area contributed by atoms with Crippen LogP contribution >= 0.6 is 0 Å². The van der Waals surface area contributed by atoms with Crippen molar-refractivity contribution in [1.82, 2.24) is 30.2 Å². The Morgan fingerprint density at radius 2 is 1.73 bits per heavy atom. The second-order valence-electron chi connectivity index (χ2n) is 9.69. The summed E-state index contributed by atoms with van der Waals surface area (Å²) >= 11 is 0. The quantitative estimate of drug-likeness (QED) is 0.719. The normalized spacial score (nSPS) is 29.3. The zero-order chi connectivity index (χ0) is 20.9. The van der Waals surface area contributed by atoms with Crippen LogP contribution in [-0.4, -0.2) is 31.1 Å². The summed E-state index contributed by atoms with van der Waals surface area (Å²) in [4.78, 5) is 41.4. The van der Waals surface area contributed by atoms with E-state index in [1.807, 2.05) is 0 Å². The first kappa shape index (κ1) is 19.3. The van der Waals surface area contributed by atoms with Gasteiger partial charge in [0.2, 0.25) is 11.8 Å². The maximum atomic E-state index is 12.5. The molecule has 160 valence electrons. The molecule has 0 aromatic carbocycles. The Morgan fingerprint density at radius 1 is 1.10 bits per heavy atom. The van der Waals surface area contributed by atoms with E-state index in [1.54, 1.807) is 7.05 Å². The van der Waals surface area contributed by atoms with Crippen molar-refractivity contribution in [3.05, 3.63) is 22.9 Å². The molecule has 0 atom stereocenters. The molecule has 0 radical (unpaired) electrons. The number of hydrazine groups is 1. The molecule has 4 aliphatic rings. The first-order valence-corrected chi connectivity index (χ1v) is 10.9. The van der Waals surface area contributed by atoms with Gasteiger partial charge < -0.3 is 0 Å². The second-order valence-corrected chi connectivity index (χ2v) is 9.69. The fourth-order valence-corrected chi connectivity index (χ4v) is 6.54. The number of hydrogen-bond acceptors (Lipinski definition) is 5. The summed E-state index contributed by atoms with van der Waals surface area (Å²) < 4.78 is 2.92. The van der Waals surface area contributed by atoms with E-state index in [1.165, 1.54) is 41.0 Å². The molecule has 0 unspecified atom stereocenters. The Balaban J connectivity index is 1.12. The SMILES string of the molecule is Cn1ncc2c(=O)n(CCC(=O)NNC(=O)CC34CC5CC(CC(C5)C3)C4)cnc21. The van der Waals surface area contributed by atoms with E-state index in [0.29, 0.717) is 17.5 Å². The molecule has 2 amide bonds. The standard InChI is InChI=1S/C21H28N6O3/c1-26-19-16(11-23-26)20(30)27(12-22-19)3-2-17(28)24-25-18(29)10-21-7-13-4-14(8-21)6-15(5-13)9-21/h11-15H,2-10H2,1H3,(H,24,28)(H,25,29). The fraction of sp³-hybridized carbons (Fsp3) is 0.667. The van der Waals surface area contributed by atoms with Gasteiger partial charge in [0.15, 0.2) is 5.65 Å². The van der Waals surface area contributed by atoms with Gasteiger partial charge >= 0.3 is 0 Å². The number of rotatable bonds is 5. The average molecular weight is 412 g/mol. The van der Waals surface area contributed by atoms with E-state index in [9.17, 15) is 14.4 Å². The highest BCUT2D eigenvalue weighted by Crippen LogP contribution is 2.61. The summed E-state index contributed by atoms with van der Waals surface area (Å²) in [6.07, 6.45) is 11.0. The molecule has 2 aromatic rings. The number of fused-ring (bicyclic) bond motifs is 1. The molecule has 9 heteroatoms. The minimum atomic E-state index is -0.327. The summed E-state index contributed by atoms with van der Waals surface area (Å²) in [7, 11) is 1.72. The van der Waals surface area contributed by atoms with Crippen LogP contribution in [0.25, 0.3) is 11.0 Å². The molecular formula is C21H28N6O3. The van der Waals surface area contributed by atoms with E-state index < -0.39 is 0 Å². The highest BCUT2D eigenvalue weighted by atomic mass is 16.2. The predicted molar refractivity (Wildman–Crippen MR) is 109 cm³/mol. The number of hydrogen-bond donors (Lipinski definition) is 2. The van der Waals surface area contributed by atoms with Gasteiger partial charge in [-0.2, -0.15) is 5.10 Å². The number of amides is 2. The molecule has 4 fully saturated rings. The Morgan fingerprint density at radius 3 is 2.40 bits per heavy atom. The highest BCUT2D eigenvalue weighted by Gasteiger charge is 2.51. The molecule has 4 aliphatic carbocycles. The Bertz CT molecular complexity index is 1020. The van der Waals surface area contributed by atoms with Crippen molar-refractivity contribution >= 4 is 22.8 Å². The lowest BCUT2D eigenvalue weighted by atomic mass is 9.49. The topological polar surface area (TPSA) is 111 Å². The zero-order valence-electron chi connectivity index (χ0n) is 17.3. The largest absolute Gasteiger partial charge is 0.298 e. The highest BCUT2D eigenvalue weighted by molar-refractivity contribution is 5.82. The van der Waals surface area contributed by atoms with E-state index in [2.05, 4.69) is 20.9 Å². The van der Waals surface area contributed by atoms with Crippen LogP contribution < -0.4 is 16.4 Å². The maximum absolute atomic E-state index is 12.5. The van der Waals surface area contributed by atoms with Crippen molar-refractivity contribution in [1.29, 1.82) is 0 Å². The van der Waals surface area contributed by atoms with Crippen LogP contribution in [0.2, 0.25) is 0 Å². The lowest BCUT2D eigenvalue weighted by Crippen LogP contribution is -2.50. The van der Waals surface area contributed by atoms with Gasteiger partial charge in [0, 0.05) is 26.4 Å². The van der Waals surface area contributed by atoms with E-state index >= 15 is 0 Å². The Hall–Kier alpha value is -2.71. The van der Waals surface area contributed by atoms with Crippen LogP contribution in [0.4, 0.5) is 0 Å². The first-order valence-electron chi connectivity index (χ1n) is 10.9. The van der Waals surface area contributed by atoms with Crippen LogP contribution in [0.3, 0.4) is 0 Å². The minimum Gasteiger partial charge on any atom is -0.298 e. The molecule has 4 saturated carbocycles. The zero-order valence-corrected chi connectivity index (χ0v) is 17.3. The van der Waals surface area contributed by atoms with Gasteiger partial charge in [0.05, 0.1) is 12.5 Å². The number of carbonyl (C=O) groups excluding carboxylic acids is 2. The van der Waals surface area contributed by atoms with E-state index in [4.69, 9.17) is 0 Å². The molecular weight excluding hydrogens is 384 g/mol. The van der Waals surface area contributed by atoms with Crippen molar-refractivity contribution in [3.8, 4) is 0 Å². The monoisotopic (exact) mass is 412 g/mol. The molecule has 0 aliphatic heterocycles. The minimum absolute atomic E-state index is 0.0744. The van der Waals surface area contributed by atoms with Gasteiger partial charge in [0.25, 0.3) is 5.56 Å². The van der Waals surface area contributed by atoms with Gasteiger partial charge in [-0.05, 0) is 61.7 Å². The van der Waals surface area contributed by atoms with Gasteiger partial charge in [-0.1, -0.05) is 0 Å². The van der Waals surface area contributed by atoms with Gasteiger partial charge in [-0.15, -0.1) is 0 Å². The van der Waals surface area contributed by atoms with Crippen molar-refractivity contribution in [2.75, 3.05) is 0 Å². The number of nitrogens with zero attached hydrogens (tertiary/aromatic N) is 4. The van der Waals surface area contributed by atoms with Crippen LogP contribution in [0.5, 0.6) is 0 Å². The lowest BCUT2D eigenvalue weighted by Gasteiger charge is -2.56. The summed E-state index contributed by atoms with van der Waals surface area (Å²) in [6.45, 7) is 0.188. The van der Waals surface area contributed by atoms with Crippen molar-refractivity contribution in [3.63, 3.8) is 0 Å². The summed E-state index contributed by atoms with van der Waals surface area (Å²) in [6, 6.07) is 0. The summed E-state index contributed by atoms with van der Waals surface area (Å²) in [5.74, 6) is 1.95. The number of aryl methyl sites for hydroxylation is 2. The van der Waals surface area contributed by atoms with Crippen LogP contribution in [0.15, 0.2) is 17.3 Å². The predicted octanol–water partition coefficient (Wildman–Crippen LogP) is 1.27. The average Bonchev–Trinajstić information content (AvgIpc) is 3.06. The molecule has 2 N–H and O–H groups in total. The third-order valence-corrected chi connectivity index (χ3v) is 7.34. The molecule has 4 bridgehead atoms. The number of nitrogens with one attached hydrogen (secondary N) is 2. The van der Waals surface area contributed by atoms with E-state index in [0.717, 1.165) is 37.0 Å². The second kappa shape index (κ2) is 7.21. The van der Waals surface area contributed by atoms with Crippen molar-refractivity contribution < 1.29 is 9.59 Å². The Labute approximate surface area is 174 Å². The van der Waals surface area contributed by atoms with Crippen LogP contribution in [-0.2, 0) is 23.2 Å². The molecule has 6 rings (SSSR count). The van der Waals surface area contributed by atoms with Crippen molar-refractivity contribution in [2.45, 2.75) is 57.9 Å². The number of aromatic nitrogens is 4. The summed E-state index contributed by atoms with van der Waals surface area (Å²) in [5.41, 5.74) is 5.51. The van der Waals surface area contributed by atoms with Gasteiger partial charge in [0.1, 0.15) is 5.39 Å². The first-order chi connectivity index (χ1) is 14.4. The maximum Gasteiger partial charge on any atom is 0.264 e.